The van der Waals surface area contributed by atoms with Crippen molar-refractivity contribution in [1.82, 2.24) is 0 Å². The van der Waals surface area contributed by atoms with E-state index in [-0.39, 0.29) is 5.97 Å². The van der Waals surface area contributed by atoms with Crippen LogP contribution in [0.1, 0.15) is 19.4 Å². The van der Waals surface area contributed by atoms with Crippen LogP contribution in [0.25, 0.3) is 0 Å². The van der Waals surface area contributed by atoms with Gasteiger partial charge in [0.2, 0.25) is 0 Å². The number of ether oxygens (including phenoxy) is 2. The molecule has 0 radical (unpaired) electrons. The summed E-state index contributed by atoms with van der Waals surface area (Å²) in [5.41, 5.74) is 1.11. The second kappa shape index (κ2) is 6.06. The average Bonchev–Trinajstić information content (AvgIpc) is 2.18. The molecule has 0 heterocycles. The molecule has 0 spiro atoms. The maximum Gasteiger partial charge on any atom is 0.302 e. The lowest BCUT2D eigenvalue weighted by molar-refractivity contribution is -0.140. The van der Waals surface area contributed by atoms with Gasteiger partial charge in [-0.25, -0.2) is 0 Å². The van der Waals surface area contributed by atoms with Crippen LogP contribution >= 0.6 is 0 Å². The molecule has 0 fully saturated rings. The van der Waals surface area contributed by atoms with Crippen LogP contribution < -0.4 is 4.74 Å². The number of carbonyl (C=O) groups excluding carboxylic acids is 1. The Bertz CT molecular complexity index is 320. The van der Waals surface area contributed by atoms with Crippen molar-refractivity contribution in [3.05, 3.63) is 29.8 Å². The minimum absolute atomic E-state index is 0.240. The van der Waals surface area contributed by atoms with Crippen molar-refractivity contribution in [2.75, 3.05) is 13.2 Å². The highest BCUT2D eigenvalue weighted by molar-refractivity contribution is 5.65. The zero-order valence-corrected chi connectivity index (χ0v) is 9.16. The van der Waals surface area contributed by atoms with E-state index in [1.165, 1.54) is 6.92 Å². The van der Waals surface area contributed by atoms with Crippen molar-refractivity contribution in [2.24, 2.45) is 0 Å². The molecule has 0 N–H and O–H groups in total. The monoisotopic (exact) mass is 208 g/mol. The Balaban J connectivity index is 2.46. The summed E-state index contributed by atoms with van der Waals surface area (Å²) >= 11 is 0. The van der Waals surface area contributed by atoms with Crippen LogP contribution in [0.4, 0.5) is 0 Å². The van der Waals surface area contributed by atoms with Gasteiger partial charge in [0.25, 0.3) is 0 Å². The van der Waals surface area contributed by atoms with Gasteiger partial charge in [-0.15, -0.1) is 0 Å². The van der Waals surface area contributed by atoms with Crippen molar-refractivity contribution in [3.63, 3.8) is 0 Å². The first kappa shape index (κ1) is 11.6. The Morgan fingerprint density at radius 1 is 1.40 bits per heavy atom. The third-order valence-corrected chi connectivity index (χ3v) is 1.91. The largest absolute Gasteiger partial charge is 0.494 e. The van der Waals surface area contributed by atoms with E-state index in [2.05, 4.69) is 0 Å². The fraction of sp³-hybridized carbons (Fsp3) is 0.417. The SMILES string of the molecule is CCOc1cccc(CCOC(C)=O)c1. The summed E-state index contributed by atoms with van der Waals surface area (Å²) in [5.74, 6) is 0.619. The smallest absolute Gasteiger partial charge is 0.302 e. The van der Waals surface area contributed by atoms with Crippen LogP contribution in [-0.4, -0.2) is 19.2 Å². The number of hydrogen-bond acceptors (Lipinski definition) is 3. The highest BCUT2D eigenvalue weighted by Crippen LogP contribution is 2.13. The van der Waals surface area contributed by atoms with Gasteiger partial charge in [0.15, 0.2) is 0 Å². The summed E-state index contributed by atoms with van der Waals surface area (Å²) in [6, 6.07) is 7.81. The second-order valence-electron chi connectivity index (χ2n) is 3.17. The van der Waals surface area contributed by atoms with Crippen LogP contribution in [0, 0.1) is 0 Å². The normalized spacial score (nSPS) is 9.73. The molecule has 0 aliphatic heterocycles. The van der Waals surface area contributed by atoms with Gasteiger partial charge in [-0.3, -0.25) is 4.79 Å². The molecule has 1 aromatic carbocycles. The first-order valence-electron chi connectivity index (χ1n) is 5.07. The van der Waals surface area contributed by atoms with Crippen molar-refractivity contribution in [3.8, 4) is 5.75 Å². The predicted octanol–water partition coefficient (Wildman–Crippen LogP) is 2.19. The molecule has 0 bridgehead atoms. The molecule has 1 aromatic rings. The molecule has 82 valence electrons. The second-order valence-corrected chi connectivity index (χ2v) is 3.17. The minimum Gasteiger partial charge on any atom is -0.494 e. The Kier molecular flexibility index (Phi) is 4.68. The number of rotatable bonds is 5. The Labute approximate surface area is 90.0 Å². The van der Waals surface area contributed by atoms with E-state index in [1.807, 2.05) is 31.2 Å². The molecular weight excluding hydrogens is 192 g/mol. The molecule has 0 aliphatic carbocycles. The lowest BCUT2D eigenvalue weighted by atomic mass is 10.1. The third kappa shape index (κ3) is 4.49. The predicted molar refractivity (Wildman–Crippen MR) is 57.9 cm³/mol. The summed E-state index contributed by atoms with van der Waals surface area (Å²) in [5, 5.41) is 0. The van der Waals surface area contributed by atoms with Crippen molar-refractivity contribution in [1.29, 1.82) is 0 Å². The first-order valence-corrected chi connectivity index (χ1v) is 5.07. The highest BCUT2D eigenvalue weighted by atomic mass is 16.5. The van der Waals surface area contributed by atoms with Crippen molar-refractivity contribution < 1.29 is 14.3 Å². The summed E-state index contributed by atoms with van der Waals surface area (Å²) < 4.78 is 10.2. The molecule has 3 heteroatoms. The van der Waals surface area contributed by atoms with Crippen LogP contribution in [0.15, 0.2) is 24.3 Å². The zero-order valence-electron chi connectivity index (χ0n) is 9.16. The number of hydrogen-bond donors (Lipinski definition) is 0. The molecule has 15 heavy (non-hydrogen) atoms. The molecule has 0 aromatic heterocycles. The molecular formula is C12H16O3. The van der Waals surface area contributed by atoms with Crippen molar-refractivity contribution >= 4 is 5.97 Å². The molecule has 0 saturated carbocycles. The maximum absolute atomic E-state index is 10.6. The van der Waals surface area contributed by atoms with Gasteiger partial charge in [-0.05, 0) is 24.6 Å². The van der Waals surface area contributed by atoms with E-state index in [1.54, 1.807) is 0 Å². The molecule has 0 atom stereocenters. The van der Waals surface area contributed by atoms with E-state index in [0.717, 1.165) is 17.7 Å². The van der Waals surface area contributed by atoms with Gasteiger partial charge in [-0.2, -0.15) is 0 Å². The summed E-state index contributed by atoms with van der Waals surface area (Å²) in [7, 11) is 0. The molecule has 0 amide bonds. The van der Waals surface area contributed by atoms with E-state index in [9.17, 15) is 4.79 Å². The first-order chi connectivity index (χ1) is 7.22. The van der Waals surface area contributed by atoms with E-state index >= 15 is 0 Å². The fourth-order valence-electron chi connectivity index (χ4n) is 1.27. The van der Waals surface area contributed by atoms with Crippen LogP contribution in [0.5, 0.6) is 5.75 Å². The third-order valence-electron chi connectivity index (χ3n) is 1.91. The number of benzene rings is 1. The van der Waals surface area contributed by atoms with Gasteiger partial charge in [0.1, 0.15) is 5.75 Å². The molecule has 0 saturated heterocycles. The molecule has 3 nitrogen and oxygen atoms in total. The minimum atomic E-state index is -0.240. The topological polar surface area (TPSA) is 35.5 Å². The van der Waals surface area contributed by atoms with Gasteiger partial charge in [0, 0.05) is 13.3 Å². The summed E-state index contributed by atoms with van der Waals surface area (Å²) in [6.07, 6.45) is 0.723. The zero-order chi connectivity index (χ0) is 11.1. The Morgan fingerprint density at radius 3 is 2.87 bits per heavy atom. The number of carbonyl (C=O) groups is 1. The van der Waals surface area contributed by atoms with Gasteiger partial charge in [-0.1, -0.05) is 12.1 Å². The maximum atomic E-state index is 10.6. The lowest BCUT2D eigenvalue weighted by Crippen LogP contribution is -2.03. The van der Waals surface area contributed by atoms with Crippen LogP contribution in [0.2, 0.25) is 0 Å². The Hall–Kier alpha value is -1.51. The highest BCUT2D eigenvalue weighted by Gasteiger charge is 1.98. The molecule has 0 aliphatic rings. The fourth-order valence-corrected chi connectivity index (χ4v) is 1.27. The van der Waals surface area contributed by atoms with E-state index < -0.39 is 0 Å². The standard InChI is InChI=1S/C12H16O3/c1-3-14-12-6-4-5-11(9-12)7-8-15-10(2)13/h4-6,9H,3,7-8H2,1-2H3. The van der Waals surface area contributed by atoms with E-state index in [0.29, 0.717) is 13.2 Å². The summed E-state index contributed by atoms with van der Waals surface area (Å²) in [6.45, 7) is 4.44. The van der Waals surface area contributed by atoms with Gasteiger partial charge < -0.3 is 9.47 Å². The average molecular weight is 208 g/mol. The van der Waals surface area contributed by atoms with Crippen LogP contribution in [0.3, 0.4) is 0 Å². The molecule has 1 rings (SSSR count). The van der Waals surface area contributed by atoms with Crippen molar-refractivity contribution in [2.45, 2.75) is 20.3 Å². The number of esters is 1. The molecule has 0 unspecified atom stereocenters. The van der Waals surface area contributed by atoms with Gasteiger partial charge >= 0.3 is 5.97 Å². The lowest BCUT2D eigenvalue weighted by Gasteiger charge is -2.06. The van der Waals surface area contributed by atoms with Crippen LogP contribution in [-0.2, 0) is 16.0 Å². The van der Waals surface area contributed by atoms with E-state index in [4.69, 9.17) is 9.47 Å². The Morgan fingerprint density at radius 2 is 2.20 bits per heavy atom. The quantitative estimate of drug-likeness (QED) is 0.696. The summed E-state index contributed by atoms with van der Waals surface area (Å²) in [4.78, 5) is 10.6. The van der Waals surface area contributed by atoms with Gasteiger partial charge in [0.05, 0.1) is 13.2 Å².